The first-order valence-corrected chi connectivity index (χ1v) is 5.02. The fourth-order valence-corrected chi connectivity index (χ4v) is 0.886. The summed E-state index contributed by atoms with van der Waals surface area (Å²) in [7, 11) is 0. The van der Waals surface area contributed by atoms with Gasteiger partial charge in [0.1, 0.15) is 0 Å². The molecule has 0 bridgehead atoms. The molecular weight excluding hydrogens is 162 g/mol. The van der Waals surface area contributed by atoms with E-state index in [2.05, 4.69) is 18.5 Å². The first-order chi connectivity index (χ1) is 5.20. The van der Waals surface area contributed by atoms with Crippen LogP contribution in [-0.4, -0.2) is 47.5 Å². The number of rotatable bonds is 6. The number of aliphatic hydroxyl groups excluding tert-OH is 2. The van der Waals surface area contributed by atoms with E-state index in [4.69, 9.17) is 10.2 Å². The highest BCUT2D eigenvalue weighted by atomic mass is 32.2. The highest BCUT2D eigenvalue weighted by molar-refractivity contribution is 7.99. The molecule has 0 saturated heterocycles. The lowest BCUT2D eigenvalue weighted by Gasteiger charge is -2.11. The minimum Gasteiger partial charge on any atom is -0.394 e. The van der Waals surface area contributed by atoms with Crippen LogP contribution < -0.4 is 5.32 Å². The molecule has 0 radical (unpaired) electrons. The van der Waals surface area contributed by atoms with Crippen molar-refractivity contribution in [1.29, 1.82) is 0 Å². The number of hydrogen-bond acceptors (Lipinski definition) is 4. The Labute approximate surface area is 72.2 Å². The molecule has 0 aromatic carbocycles. The Hall–Kier alpha value is 0.230. The van der Waals surface area contributed by atoms with Crippen LogP contribution in [0.3, 0.4) is 0 Å². The molecule has 0 saturated carbocycles. The molecule has 0 spiro atoms. The Morgan fingerprint density at radius 3 is 2.55 bits per heavy atom. The molecule has 11 heavy (non-hydrogen) atoms. The second-order valence-corrected chi connectivity index (χ2v) is 3.82. The van der Waals surface area contributed by atoms with Gasteiger partial charge in [-0.05, 0) is 6.26 Å². The largest absolute Gasteiger partial charge is 0.394 e. The normalized spacial score (nSPS) is 16.4. The number of aliphatic hydroxyl groups is 2. The van der Waals surface area contributed by atoms with Crippen LogP contribution in [0.15, 0.2) is 0 Å². The lowest BCUT2D eigenvalue weighted by atomic mass is 10.3. The summed E-state index contributed by atoms with van der Waals surface area (Å²) in [5, 5.41) is 21.0. The Morgan fingerprint density at radius 2 is 2.09 bits per heavy atom. The van der Waals surface area contributed by atoms with Gasteiger partial charge in [-0.15, -0.1) is 0 Å². The predicted molar refractivity (Wildman–Crippen MR) is 48.9 cm³/mol. The molecule has 2 atom stereocenters. The average Bonchev–Trinajstić information content (AvgIpc) is 2.04. The highest BCUT2D eigenvalue weighted by Gasteiger charge is 2.02. The average molecular weight is 179 g/mol. The SMILES string of the molecule is CSC(C)CNCC(O)CO. The van der Waals surface area contributed by atoms with Gasteiger partial charge in [-0.2, -0.15) is 11.8 Å². The van der Waals surface area contributed by atoms with Crippen LogP contribution in [0.4, 0.5) is 0 Å². The third kappa shape index (κ3) is 6.62. The molecule has 3 nitrogen and oxygen atoms in total. The summed E-state index contributed by atoms with van der Waals surface area (Å²) in [5.74, 6) is 0. The molecule has 0 heterocycles. The van der Waals surface area contributed by atoms with Crippen molar-refractivity contribution in [3.05, 3.63) is 0 Å². The van der Waals surface area contributed by atoms with Crippen LogP contribution in [0.2, 0.25) is 0 Å². The maximum absolute atomic E-state index is 8.92. The minimum absolute atomic E-state index is 0.166. The first kappa shape index (κ1) is 11.2. The molecule has 0 fully saturated rings. The van der Waals surface area contributed by atoms with Gasteiger partial charge in [-0.3, -0.25) is 0 Å². The smallest absolute Gasteiger partial charge is 0.0894 e. The van der Waals surface area contributed by atoms with Crippen LogP contribution >= 0.6 is 11.8 Å². The van der Waals surface area contributed by atoms with E-state index in [-0.39, 0.29) is 6.61 Å². The second-order valence-electron chi connectivity index (χ2n) is 2.54. The summed E-state index contributed by atoms with van der Waals surface area (Å²) in [5.41, 5.74) is 0. The fraction of sp³-hybridized carbons (Fsp3) is 1.00. The lowest BCUT2D eigenvalue weighted by Crippen LogP contribution is -2.32. The Balaban J connectivity index is 3.13. The van der Waals surface area contributed by atoms with E-state index >= 15 is 0 Å². The van der Waals surface area contributed by atoms with Crippen LogP contribution in [-0.2, 0) is 0 Å². The zero-order valence-corrected chi connectivity index (χ0v) is 7.90. The van der Waals surface area contributed by atoms with Crippen molar-refractivity contribution in [2.45, 2.75) is 18.3 Å². The maximum atomic E-state index is 8.92. The zero-order chi connectivity index (χ0) is 8.69. The molecule has 0 aliphatic heterocycles. The molecule has 0 aromatic heterocycles. The Morgan fingerprint density at radius 1 is 1.45 bits per heavy atom. The van der Waals surface area contributed by atoms with Crippen LogP contribution in [0.25, 0.3) is 0 Å². The van der Waals surface area contributed by atoms with Crippen molar-refractivity contribution in [1.82, 2.24) is 5.32 Å². The third-order valence-corrected chi connectivity index (χ3v) is 2.40. The van der Waals surface area contributed by atoms with Gasteiger partial charge in [0.15, 0.2) is 0 Å². The Kier molecular flexibility index (Phi) is 7.06. The molecule has 2 unspecified atom stereocenters. The van der Waals surface area contributed by atoms with E-state index < -0.39 is 6.10 Å². The van der Waals surface area contributed by atoms with E-state index in [0.717, 1.165) is 6.54 Å². The standard InChI is InChI=1S/C7H17NO2S/c1-6(11-2)3-8-4-7(10)5-9/h6-10H,3-5H2,1-2H3. The molecular formula is C7H17NO2S. The van der Waals surface area contributed by atoms with Crippen molar-refractivity contribution in [3.8, 4) is 0 Å². The van der Waals surface area contributed by atoms with Gasteiger partial charge in [-0.1, -0.05) is 6.92 Å². The molecule has 68 valence electrons. The van der Waals surface area contributed by atoms with Crippen LogP contribution in [0, 0.1) is 0 Å². The van der Waals surface area contributed by atoms with E-state index in [1.807, 2.05) is 0 Å². The van der Waals surface area contributed by atoms with E-state index in [1.165, 1.54) is 0 Å². The zero-order valence-electron chi connectivity index (χ0n) is 7.08. The molecule has 0 aliphatic rings. The summed E-state index contributed by atoms with van der Waals surface area (Å²) in [6, 6.07) is 0. The van der Waals surface area contributed by atoms with Gasteiger partial charge >= 0.3 is 0 Å². The summed E-state index contributed by atoms with van der Waals surface area (Å²) in [6.07, 6.45) is 1.43. The van der Waals surface area contributed by atoms with E-state index in [9.17, 15) is 0 Å². The fourth-order valence-electron chi connectivity index (χ4n) is 0.601. The first-order valence-electron chi connectivity index (χ1n) is 3.73. The quantitative estimate of drug-likeness (QED) is 0.523. The molecule has 3 N–H and O–H groups in total. The highest BCUT2D eigenvalue weighted by Crippen LogP contribution is 2.01. The predicted octanol–water partition coefficient (Wildman–Crippen LogP) is -0.319. The molecule has 0 aliphatic carbocycles. The minimum atomic E-state index is -0.621. The van der Waals surface area contributed by atoms with Gasteiger partial charge < -0.3 is 15.5 Å². The van der Waals surface area contributed by atoms with Crippen molar-refractivity contribution >= 4 is 11.8 Å². The summed E-state index contributed by atoms with van der Waals surface area (Å²) in [6.45, 7) is 3.29. The molecule has 0 aromatic rings. The Bertz CT molecular complexity index is 82.5. The van der Waals surface area contributed by atoms with Gasteiger partial charge in [0.2, 0.25) is 0 Å². The van der Waals surface area contributed by atoms with E-state index in [1.54, 1.807) is 11.8 Å². The topological polar surface area (TPSA) is 52.5 Å². The number of hydrogen-bond donors (Lipinski definition) is 3. The third-order valence-electron chi connectivity index (χ3n) is 1.42. The lowest BCUT2D eigenvalue weighted by molar-refractivity contribution is 0.0947. The van der Waals surface area contributed by atoms with E-state index in [0.29, 0.717) is 11.8 Å². The van der Waals surface area contributed by atoms with Gasteiger partial charge in [-0.25, -0.2) is 0 Å². The molecule has 0 rings (SSSR count). The molecule has 4 heteroatoms. The maximum Gasteiger partial charge on any atom is 0.0894 e. The summed E-state index contributed by atoms with van der Waals surface area (Å²) >= 11 is 1.78. The van der Waals surface area contributed by atoms with Gasteiger partial charge in [0.25, 0.3) is 0 Å². The second kappa shape index (κ2) is 6.91. The summed E-state index contributed by atoms with van der Waals surface area (Å²) in [4.78, 5) is 0. The number of thioether (sulfide) groups is 1. The summed E-state index contributed by atoms with van der Waals surface area (Å²) < 4.78 is 0. The van der Waals surface area contributed by atoms with Gasteiger partial charge in [0.05, 0.1) is 12.7 Å². The monoisotopic (exact) mass is 179 g/mol. The van der Waals surface area contributed by atoms with Crippen LogP contribution in [0.5, 0.6) is 0 Å². The van der Waals surface area contributed by atoms with Crippen molar-refractivity contribution in [2.24, 2.45) is 0 Å². The molecule has 0 amide bonds. The van der Waals surface area contributed by atoms with Gasteiger partial charge in [0, 0.05) is 18.3 Å². The van der Waals surface area contributed by atoms with Crippen molar-refractivity contribution < 1.29 is 10.2 Å². The van der Waals surface area contributed by atoms with Crippen LogP contribution in [0.1, 0.15) is 6.92 Å². The van der Waals surface area contributed by atoms with Crippen molar-refractivity contribution in [2.75, 3.05) is 26.0 Å². The number of nitrogens with one attached hydrogen (secondary N) is 1. The van der Waals surface area contributed by atoms with Crippen molar-refractivity contribution in [3.63, 3.8) is 0 Å².